The molecule has 0 radical (unpaired) electrons. The molecule has 2 fully saturated rings. The number of benzene rings is 5. The Labute approximate surface area is 591 Å². The van der Waals surface area contributed by atoms with Gasteiger partial charge in [-0.3, -0.25) is 29.2 Å². The number of piperidine rings is 1. The van der Waals surface area contributed by atoms with E-state index < -0.39 is 32.9 Å². The third-order valence-corrected chi connectivity index (χ3v) is 20.5. The van der Waals surface area contributed by atoms with Crippen LogP contribution in [-0.4, -0.2) is 175 Å². The van der Waals surface area contributed by atoms with Gasteiger partial charge in [0.1, 0.15) is 28.4 Å². The molecule has 4 N–H and O–H groups in total. The Bertz CT molecular complexity index is 4060. The van der Waals surface area contributed by atoms with Crippen LogP contribution in [0.5, 0.6) is 11.5 Å². The number of hydrogen-bond donors (Lipinski definition) is 4. The van der Waals surface area contributed by atoms with E-state index in [9.17, 15) is 22.8 Å². The van der Waals surface area contributed by atoms with E-state index in [-0.39, 0.29) is 61.8 Å². The zero-order valence-corrected chi connectivity index (χ0v) is 59.6. The van der Waals surface area contributed by atoms with Crippen LogP contribution in [0, 0.1) is 0 Å². The largest absolute Gasteiger partial charge is 0.494 e. The quantitative estimate of drug-likeness (QED) is 0.0333. The summed E-state index contributed by atoms with van der Waals surface area (Å²) in [4.78, 5) is 66.8. The molecule has 2 aromatic heterocycles. The van der Waals surface area contributed by atoms with Gasteiger partial charge in [-0.05, 0) is 161 Å². The second kappa shape index (κ2) is 32.6. The highest BCUT2D eigenvalue weighted by Crippen LogP contribution is 2.54. The maximum Gasteiger partial charge on any atom is 0.326 e. The number of nitrogens with one attached hydrogen (secondary N) is 4. The van der Waals surface area contributed by atoms with Gasteiger partial charge >= 0.3 is 6.03 Å². The van der Waals surface area contributed by atoms with Crippen LogP contribution in [0.1, 0.15) is 116 Å². The molecule has 3 aliphatic heterocycles. The van der Waals surface area contributed by atoms with E-state index in [1.165, 1.54) is 36.4 Å². The molecule has 2 saturated heterocycles. The van der Waals surface area contributed by atoms with E-state index in [0.717, 1.165) is 35.0 Å². The van der Waals surface area contributed by atoms with Crippen molar-refractivity contribution >= 4 is 91.7 Å². The average Bonchev–Trinajstić information content (AvgIpc) is 1.53. The van der Waals surface area contributed by atoms with Crippen LogP contribution in [0.25, 0.3) is 0 Å². The Morgan fingerprint density at radius 2 is 1.41 bits per heavy atom. The first-order valence-electron chi connectivity index (χ1n) is 32.8. The van der Waals surface area contributed by atoms with Crippen LogP contribution in [-0.2, 0) is 53.7 Å². The molecule has 5 aromatic carbocycles. The Morgan fingerprint density at radius 3 is 2.07 bits per heavy atom. The summed E-state index contributed by atoms with van der Waals surface area (Å²) in [6.45, 7) is 18.8. The molecule has 0 bridgehead atoms. The lowest BCUT2D eigenvalue weighted by molar-refractivity contribution is -0.122. The number of unbranched alkanes of at least 4 members (excludes halogenated alkanes) is 1. The van der Waals surface area contributed by atoms with E-state index in [2.05, 4.69) is 83.4 Å². The highest BCUT2D eigenvalue weighted by atomic mass is 35.5. The van der Waals surface area contributed by atoms with Gasteiger partial charge in [0.15, 0.2) is 5.69 Å². The number of carbonyl (C=O) groups excluding carboxylic acids is 4. The average molecular weight is 1440 g/mol. The fourth-order valence-electron chi connectivity index (χ4n) is 12.1. The number of hydrogen-bond acceptors (Lipinski definition) is 16. The van der Waals surface area contributed by atoms with Crippen molar-refractivity contribution in [1.29, 1.82) is 0 Å². The van der Waals surface area contributed by atoms with E-state index in [0.29, 0.717) is 155 Å². The van der Waals surface area contributed by atoms with Crippen molar-refractivity contribution in [2.45, 2.75) is 108 Å². The topological polar surface area (TPSA) is 258 Å². The van der Waals surface area contributed by atoms with Gasteiger partial charge in [-0.1, -0.05) is 109 Å². The predicted molar refractivity (Wildman–Crippen MR) is 378 cm³/mol. The minimum absolute atomic E-state index is 0.0452. The van der Waals surface area contributed by atoms with Gasteiger partial charge < -0.3 is 45.1 Å². The van der Waals surface area contributed by atoms with Gasteiger partial charge in [-0.25, -0.2) is 9.48 Å². The lowest BCUT2D eigenvalue weighted by Gasteiger charge is -2.47. The number of amides is 5. The van der Waals surface area contributed by atoms with Crippen molar-refractivity contribution < 1.29 is 46.5 Å². The molecule has 7 aromatic rings. The second-order valence-corrected chi connectivity index (χ2v) is 29.0. The Morgan fingerprint density at radius 1 is 0.745 bits per heavy atom. The van der Waals surface area contributed by atoms with Gasteiger partial charge in [-0.2, -0.15) is 17.6 Å². The maximum atomic E-state index is 15.5. The van der Waals surface area contributed by atoms with Crippen molar-refractivity contribution in [3.8, 4) is 11.5 Å². The van der Waals surface area contributed by atoms with Gasteiger partial charge in [0.2, 0.25) is 5.91 Å². The second-order valence-electron chi connectivity index (χ2n) is 25.5. The van der Waals surface area contributed by atoms with Crippen LogP contribution < -0.4 is 30.7 Å². The van der Waals surface area contributed by atoms with E-state index >= 15 is 4.79 Å². The fraction of sp³-hybridized carbons (Fsp3) is 0.429. The molecule has 28 heteroatoms. The van der Waals surface area contributed by atoms with Gasteiger partial charge in [-0.15, -0.1) is 5.10 Å². The van der Waals surface area contributed by atoms with Crippen LogP contribution in [0.15, 0.2) is 131 Å². The van der Waals surface area contributed by atoms with E-state index in [4.69, 9.17) is 70.3 Å². The number of aryl methyl sites for hydroxylation is 1. The van der Waals surface area contributed by atoms with Crippen molar-refractivity contribution in [2.24, 2.45) is 4.99 Å². The molecule has 3 aliphatic rings. The predicted octanol–water partition coefficient (Wildman–Crippen LogP) is 10.6. The molecule has 98 heavy (non-hydrogen) atoms. The molecule has 5 amide bonds. The number of rotatable bonds is 28. The van der Waals surface area contributed by atoms with Gasteiger partial charge in [0.05, 0.1) is 96.4 Å². The number of ether oxygens (including phenoxy) is 4. The molecule has 0 spiro atoms. The molecule has 0 saturated carbocycles. The van der Waals surface area contributed by atoms with Crippen molar-refractivity contribution in [2.75, 3.05) is 97.3 Å². The van der Waals surface area contributed by atoms with Gasteiger partial charge in [0.25, 0.3) is 21.8 Å². The third kappa shape index (κ3) is 17.3. The van der Waals surface area contributed by atoms with Crippen molar-refractivity contribution in [3.63, 3.8) is 0 Å². The smallest absolute Gasteiger partial charge is 0.326 e. The summed E-state index contributed by atoms with van der Waals surface area (Å²) in [6, 6.07) is 31.3. The number of aliphatic imine (C=N–C) groups is 1. The summed E-state index contributed by atoms with van der Waals surface area (Å²) in [6.07, 6.45) is 6.39. The normalized spacial score (nSPS) is 17.8. The molecule has 0 aliphatic carbocycles. The zero-order valence-electron chi connectivity index (χ0n) is 55.8. The van der Waals surface area contributed by atoms with E-state index in [1.807, 2.05) is 82.4 Å². The SMILES string of the molecule is CCOc1cc(C(C)(C)C)ccc1C1=N[C@@](C)(c2ccc(Cl)cc2)[C@@](C)(c2ccc(Cl)cc2)N1C(=O)N1CCN(CC(=O)NCCOCCOCCn2cc(CCCCOc3ccc(S(=O)(=O)n4cc(NC(=O)c5c(Cl)cccc5Cl)c(C(=O)NC5CCNCC5)n4)cc3)nn2)CC1. The molecular weight excluding hydrogens is 1360 g/mol. The van der Waals surface area contributed by atoms with Crippen LogP contribution >= 0.6 is 46.4 Å². The summed E-state index contributed by atoms with van der Waals surface area (Å²) < 4.78 is 54.0. The number of aromatic nitrogens is 5. The number of urea groups is 1. The Hall–Kier alpha value is -7.65. The number of amidine groups is 1. The summed E-state index contributed by atoms with van der Waals surface area (Å²) in [5.41, 5.74) is 1.57. The highest BCUT2D eigenvalue weighted by molar-refractivity contribution is 7.89. The molecular formula is C70H83Cl4N13O10S. The standard InChI is InChI=1S/C70H83Cl4N13O10S/c1-7-96-60-43-49(68(2,3)4)18-27-56(60)64-79-69(5,47-14-19-50(71)20-15-47)70(6,48-16-21-51(72)22-17-48)87(64)67(91)84-35-33-83(34-36-84)46-61(88)76-32-39-94-41-42-95-40-37-85-44-53(80-82-85)11-8-9-38-97-54-23-25-55(26-24-54)98(92,93)86-45-59(78-65(89)62-57(73)12-10-13-58(62)74)63(81-86)66(90)77-52-28-30-75-31-29-52/h10,12-27,43-45,52,75H,7-9,11,28-42,46H2,1-6H3,(H,76,88)(H,77,90)(H,78,89)/t69-,70+/m0/s1. The molecule has 23 nitrogen and oxygen atoms in total. The number of piperazine rings is 1. The third-order valence-electron chi connectivity index (χ3n) is 17.8. The van der Waals surface area contributed by atoms with E-state index in [1.54, 1.807) is 10.7 Å². The summed E-state index contributed by atoms with van der Waals surface area (Å²) in [7, 11) is -4.34. The van der Waals surface area contributed by atoms with Crippen LogP contribution in [0.3, 0.4) is 0 Å². The number of nitrogens with zero attached hydrogens (tertiary/aromatic N) is 9. The molecule has 10 rings (SSSR count). The minimum Gasteiger partial charge on any atom is -0.494 e. The van der Waals surface area contributed by atoms with Gasteiger partial charge in [0, 0.05) is 55.0 Å². The van der Waals surface area contributed by atoms with Crippen molar-refractivity contribution in [3.05, 3.63) is 181 Å². The lowest BCUT2D eigenvalue weighted by atomic mass is 9.71. The number of carbonyl (C=O) groups is 4. The molecule has 2 atom stereocenters. The van der Waals surface area contributed by atoms with Crippen molar-refractivity contribution in [1.82, 2.24) is 54.8 Å². The molecule has 0 unspecified atom stereocenters. The van der Waals surface area contributed by atoms with Crippen LogP contribution in [0.4, 0.5) is 10.5 Å². The monoisotopic (exact) mass is 1440 g/mol. The number of halogens is 4. The maximum absolute atomic E-state index is 15.5. The van der Waals surface area contributed by atoms with Crippen LogP contribution in [0.2, 0.25) is 20.1 Å². The first-order chi connectivity index (χ1) is 47.0. The number of anilines is 1. The highest BCUT2D eigenvalue weighted by Gasteiger charge is 2.60. The minimum atomic E-state index is -4.34. The zero-order chi connectivity index (χ0) is 69.8. The summed E-state index contributed by atoms with van der Waals surface area (Å²) >= 11 is 25.5. The fourth-order valence-corrected chi connectivity index (χ4v) is 14.0. The molecule has 522 valence electrons. The Balaban J connectivity index is 0.627. The Kier molecular flexibility index (Phi) is 24.3. The summed E-state index contributed by atoms with van der Waals surface area (Å²) in [5.74, 6) is 0.0277. The summed E-state index contributed by atoms with van der Waals surface area (Å²) in [5, 5.41) is 25.7. The lowest BCUT2D eigenvalue weighted by Crippen LogP contribution is -2.61. The molecule has 5 heterocycles. The first-order valence-corrected chi connectivity index (χ1v) is 35.8. The first kappa shape index (κ1) is 73.1.